The number of carboxylic acid groups (broad SMARTS) is 1. The lowest BCUT2D eigenvalue weighted by Gasteiger charge is -2.00. The van der Waals surface area contributed by atoms with Gasteiger partial charge in [-0.2, -0.15) is 0 Å². The first-order valence-electron chi connectivity index (χ1n) is 16.3. The summed E-state index contributed by atoms with van der Waals surface area (Å²) in [5.41, 5.74) is 0. The minimum absolute atomic E-state index is 0.0648. The Kier molecular flexibility index (Phi) is 57.4. The molecule has 0 aliphatic rings. The van der Waals surface area contributed by atoms with Crippen LogP contribution in [0.5, 0.6) is 0 Å². The normalized spacial score (nSPS) is 10.7. The van der Waals surface area contributed by atoms with Gasteiger partial charge in [-0.15, -0.1) is 0 Å². The lowest BCUT2D eigenvalue weighted by Crippen LogP contribution is -2.10. The zero-order valence-corrected chi connectivity index (χ0v) is 29.2. The van der Waals surface area contributed by atoms with Crippen LogP contribution < -0.4 is 0 Å². The molecular formula is C34H78O4. The third kappa shape index (κ3) is 64.9. The smallest absolute Gasteiger partial charge is 0.305 e. The van der Waals surface area contributed by atoms with Crippen molar-refractivity contribution in [1.29, 1.82) is 0 Å². The van der Waals surface area contributed by atoms with Gasteiger partial charge in [-0.1, -0.05) is 155 Å². The van der Waals surface area contributed by atoms with E-state index in [0.717, 1.165) is 36.5 Å². The SMILES string of the molecule is CCC(C)CC.CCC(C)CC.CCC(C)CC.CCC(C)CC.CCC(O)CC.CCC(O)CC(=O)O. The molecule has 4 nitrogen and oxygen atoms in total. The third-order valence-electron chi connectivity index (χ3n) is 7.40. The van der Waals surface area contributed by atoms with Gasteiger partial charge < -0.3 is 15.3 Å². The van der Waals surface area contributed by atoms with Gasteiger partial charge in [0.05, 0.1) is 18.6 Å². The van der Waals surface area contributed by atoms with Gasteiger partial charge >= 0.3 is 5.97 Å². The Morgan fingerprint density at radius 1 is 0.421 bits per heavy atom. The predicted octanol–water partition coefficient (Wildman–Crippen LogP) is 11.2. The van der Waals surface area contributed by atoms with Gasteiger partial charge in [0.15, 0.2) is 0 Å². The van der Waals surface area contributed by atoms with Crippen LogP contribution in [0.15, 0.2) is 0 Å². The highest BCUT2D eigenvalue weighted by atomic mass is 16.4. The first-order chi connectivity index (χ1) is 17.7. The van der Waals surface area contributed by atoms with Crippen LogP contribution in [0.3, 0.4) is 0 Å². The van der Waals surface area contributed by atoms with Crippen molar-refractivity contribution in [3.63, 3.8) is 0 Å². The average Bonchev–Trinajstić information content (AvgIpc) is 2.95. The fourth-order valence-corrected chi connectivity index (χ4v) is 1.79. The van der Waals surface area contributed by atoms with Gasteiger partial charge in [-0.25, -0.2) is 0 Å². The molecular weight excluding hydrogens is 472 g/mol. The first kappa shape index (κ1) is 50.3. The zero-order valence-electron chi connectivity index (χ0n) is 29.2. The van der Waals surface area contributed by atoms with Gasteiger partial charge in [-0.05, 0) is 42.9 Å². The third-order valence-corrected chi connectivity index (χ3v) is 7.40. The second-order valence-corrected chi connectivity index (χ2v) is 10.8. The molecule has 0 aromatic rings. The maximum absolute atomic E-state index is 9.81. The largest absolute Gasteiger partial charge is 0.481 e. The lowest BCUT2D eigenvalue weighted by molar-refractivity contribution is -0.139. The van der Waals surface area contributed by atoms with E-state index in [1.807, 2.05) is 13.8 Å². The molecule has 0 heterocycles. The summed E-state index contributed by atoms with van der Waals surface area (Å²) in [5.74, 6) is 2.80. The fourth-order valence-electron chi connectivity index (χ4n) is 1.79. The second-order valence-electron chi connectivity index (χ2n) is 10.8. The van der Waals surface area contributed by atoms with E-state index >= 15 is 0 Å². The van der Waals surface area contributed by atoms with E-state index in [-0.39, 0.29) is 12.5 Å². The molecule has 4 heteroatoms. The molecule has 38 heavy (non-hydrogen) atoms. The molecule has 0 amide bonds. The number of rotatable bonds is 13. The highest BCUT2D eigenvalue weighted by molar-refractivity contribution is 5.67. The Morgan fingerprint density at radius 2 is 0.605 bits per heavy atom. The minimum atomic E-state index is -0.945. The van der Waals surface area contributed by atoms with Crippen LogP contribution in [-0.2, 0) is 4.79 Å². The van der Waals surface area contributed by atoms with Crippen LogP contribution in [0, 0.1) is 23.7 Å². The van der Waals surface area contributed by atoms with Crippen molar-refractivity contribution in [2.75, 3.05) is 0 Å². The molecule has 0 aromatic heterocycles. The summed E-state index contributed by atoms with van der Waals surface area (Å²) in [7, 11) is 0. The van der Waals surface area contributed by atoms with E-state index in [1.54, 1.807) is 6.92 Å². The molecule has 1 unspecified atom stereocenters. The van der Waals surface area contributed by atoms with Gasteiger partial charge in [0, 0.05) is 0 Å². The topological polar surface area (TPSA) is 77.8 Å². The molecule has 0 saturated heterocycles. The number of carboxylic acids is 1. The van der Waals surface area contributed by atoms with Gasteiger partial charge in [-0.3, -0.25) is 4.79 Å². The molecule has 238 valence electrons. The number of aliphatic carboxylic acids is 1. The van der Waals surface area contributed by atoms with Crippen molar-refractivity contribution >= 4 is 5.97 Å². The maximum atomic E-state index is 9.81. The van der Waals surface area contributed by atoms with E-state index in [9.17, 15) is 4.79 Å². The van der Waals surface area contributed by atoms with E-state index in [1.165, 1.54) is 51.4 Å². The Labute approximate surface area is 242 Å². The molecule has 0 bridgehead atoms. The lowest BCUT2D eigenvalue weighted by atomic mass is 10.1. The van der Waals surface area contributed by atoms with Crippen molar-refractivity contribution in [2.45, 2.75) is 193 Å². The summed E-state index contributed by atoms with van der Waals surface area (Å²) in [6.45, 7) is 32.7. The number of hydrogen-bond acceptors (Lipinski definition) is 3. The quantitative estimate of drug-likeness (QED) is 0.213. The van der Waals surface area contributed by atoms with E-state index < -0.39 is 12.1 Å². The summed E-state index contributed by atoms with van der Waals surface area (Å²) in [4.78, 5) is 9.81. The summed E-state index contributed by atoms with van der Waals surface area (Å²) in [6.07, 6.45) is 12.0. The van der Waals surface area contributed by atoms with Crippen LogP contribution in [-0.4, -0.2) is 33.5 Å². The minimum Gasteiger partial charge on any atom is -0.481 e. The number of hydrogen-bond donors (Lipinski definition) is 3. The van der Waals surface area contributed by atoms with Gasteiger partial charge in [0.1, 0.15) is 0 Å². The molecule has 1 atom stereocenters. The average molecular weight is 551 g/mol. The van der Waals surface area contributed by atoms with E-state index in [0.29, 0.717) is 6.42 Å². The first-order valence-corrected chi connectivity index (χ1v) is 16.3. The Bertz CT molecular complexity index is 309. The molecule has 0 aromatic carbocycles. The molecule has 0 fully saturated rings. The molecule has 0 aliphatic carbocycles. The highest BCUT2D eigenvalue weighted by Gasteiger charge is 2.04. The number of aliphatic hydroxyl groups excluding tert-OH is 2. The van der Waals surface area contributed by atoms with Crippen LogP contribution in [0.2, 0.25) is 0 Å². The van der Waals surface area contributed by atoms with Gasteiger partial charge in [0.2, 0.25) is 0 Å². The second kappa shape index (κ2) is 43.4. The summed E-state index contributed by atoms with van der Waals surface area (Å²) in [5, 5.41) is 25.4. The van der Waals surface area contributed by atoms with Crippen molar-refractivity contribution in [3.05, 3.63) is 0 Å². The van der Waals surface area contributed by atoms with Crippen LogP contribution >= 0.6 is 0 Å². The summed E-state index contributed by atoms with van der Waals surface area (Å²) in [6, 6.07) is 0. The molecule has 0 spiro atoms. The van der Waals surface area contributed by atoms with E-state index in [4.69, 9.17) is 15.3 Å². The Hall–Kier alpha value is -0.610. The van der Waals surface area contributed by atoms with Crippen molar-refractivity contribution in [3.8, 4) is 0 Å². The fraction of sp³-hybridized carbons (Fsp3) is 0.971. The number of aliphatic hydroxyl groups is 2. The maximum Gasteiger partial charge on any atom is 0.305 e. The van der Waals surface area contributed by atoms with Crippen LogP contribution in [0.4, 0.5) is 0 Å². The van der Waals surface area contributed by atoms with Crippen molar-refractivity contribution in [2.24, 2.45) is 23.7 Å². The Balaban J connectivity index is -0.0000000812. The molecule has 3 N–H and O–H groups in total. The molecule has 0 aliphatic heterocycles. The molecule has 0 rings (SSSR count). The van der Waals surface area contributed by atoms with E-state index in [2.05, 4.69) is 83.1 Å². The number of carbonyl (C=O) groups is 1. The predicted molar refractivity (Wildman–Crippen MR) is 174 cm³/mol. The van der Waals surface area contributed by atoms with Crippen LogP contribution in [0.1, 0.15) is 181 Å². The van der Waals surface area contributed by atoms with Gasteiger partial charge in [0.25, 0.3) is 0 Å². The highest BCUT2D eigenvalue weighted by Crippen LogP contribution is 2.04. The molecule has 0 saturated carbocycles. The zero-order chi connectivity index (χ0) is 31.5. The van der Waals surface area contributed by atoms with Crippen molar-refractivity contribution < 1.29 is 20.1 Å². The summed E-state index contributed by atoms with van der Waals surface area (Å²) < 4.78 is 0. The van der Waals surface area contributed by atoms with Crippen molar-refractivity contribution in [1.82, 2.24) is 0 Å². The standard InChI is InChI=1S/4C6H14.C5H10O3.C5H12O/c4*1-4-6(3)5-2;1-2-4(6)3-5(7)8;1-3-5(6)4-2/h4*6H,4-5H2,1-3H3;4,6H,2-3H2,1H3,(H,7,8);5-6H,3-4H2,1-2H3. The van der Waals surface area contributed by atoms with Crippen LogP contribution in [0.25, 0.3) is 0 Å². The Morgan fingerprint density at radius 3 is 0.632 bits per heavy atom. The molecule has 0 radical (unpaired) electrons. The summed E-state index contributed by atoms with van der Waals surface area (Å²) >= 11 is 0. The monoisotopic (exact) mass is 551 g/mol.